The van der Waals surface area contributed by atoms with Gasteiger partial charge in [-0.3, -0.25) is 4.90 Å². The second-order valence-electron chi connectivity index (χ2n) is 6.83. The zero-order valence-corrected chi connectivity index (χ0v) is 16.6. The van der Waals surface area contributed by atoms with Gasteiger partial charge < -0.3 is 14.7 Å². The van der Waals surface area contributed by atoms with Crippen LogP contribution in [0.2, 0.25) is 0 Å². The van der Waals surface area contributed by atoms with Gasteiger partial charge in [0.25, 0.3) is 0 Å². The number of hydrogen-bond donors (Lipinski definition) is 1. The fraction of sp³-hybridized carbons (Fsp3) is 0.476. The monoisotopic (exact) mass is 404 g/mol. The Kier molecular flexibility index (Phi) is 7.63. The summed E-state index contributed by atoms with van der Waals surface area (Å²) in [4.78, 5) is 15.2. The van der Waals surface area contributed by atoms with Crippen LogP contribution in [0.25, 0.3) is 0 Å². The molecule has 7 heteroatoms. The van der Waals surface area contributed by atoms with Crippen molar-refractivity contribution in [2.24, 2.45) is 0 Å². The summed E-state index contributed by atoms with van der Waals surface area (Å²) < 4.78 is 20.2. The van der Waals surface area contributed by atoms with E-state index in [1.807, 2.05) is 0 Å². The van der Waals surface area contributed by atoms with Gasteiger partial charge in [0.1, 0.15) is 5.70 Å². The van der Waals surface area contributed by atoms with E-state index in [1.54, 1.807) is 28.5 Å². The molecule has 2 aliphatic rings. The highest BCUT2D eigenvalue weighted by Crippen LogP contribution is 2.24. The number of carboxylic acids is 1. The van der Waals surface area contributed by atoms with Gasteiger partial charge in [-0.05, 0) is 44.5 Å². The Bertz CT molecular complexity index is 782. The average molecular weight is 405 g/mol. The number of ether oxygens (including phenoxy) is 1. The highest BCUT2D eigenvalue weighted by molar-refractivity contribution is 8.02. The van der Waals surface area contributed by atoms with Crippen LogP contribution in [0, 0.1) is 17.7 Å². The molecule has 2 aliphatic heterocycles. The van der Waals surface area contributed by atoms with Crippen LogP contribution in [0.3, 0.4) is 0 Å². The van der Waals surface area contributed by atoms with E-state index < -0.39 is 11.8 Å². The zero-order chi connectivity index (χ0) is 19.8. The number of piperidine rings is 1. The minimum Gasteiger partial charge on any atom is -0.490 e. The molecule has 0 amide bonds. The molecule has 2 heterocycles. The lowest BCUT2D eigenvalue weighted by atomic mass is 10.1. The van der Waals surface area contributed by atoms with E-state index in [4.69, 9.17) is 9.84 Å². The Balaban J connectivity index is 1.48. The SMILES string of the molecule is O=C(O)C1=CSCN1CCCOc1cccc(C#CCN2CCCCC2)c1F. The van der Waals surface area contributed by atoms with Gasteiger partial charge in [-0.2, -0.15) is 0 Å². The second-order valence-corrected chi connectivity index (χ2v) is 7.65. The predicted molar refractivity (Wildman–Crippen MR) is 109 cm³/mol. The van der Waals surface area contributed by atoms with E-state index in [0.29, 0.717) is 43.3 Å². The highest BCUT2D eigenvalue weighted by atomic mass is 32.2. The van der Waals surface area contributed by atoms with E-state index in [2.05, 4.69) is 16.7 Å². The fourth-order valence-corrected chi connectivity index (χ4v) is 4.17. The Morgan fingerprint density at radius 3 is 2.89 bits per heavy atom. The summed E-state index contributed by atoms with van der Waals surface area (Å²) in [5, 5.41) is 10.8. The smallest absolute Gasteiger partial charge is 0.352 e. The van der Waals surface area contributed by atoms with Gasteiger partial charge in [0, 0.05) is 12.0 Å². The van der Waals surface area contributed by atoms with Crippen molar-refractivity contribution in [3.05, 3.63) is 40.7 Å². The number of likely N-dealkylation sites (tertiary alicyclic amines) is 1. The quantitative estimate of drug-likeness (QED) is 0.556. The summed E-state index contributed by atoms with van der Waals surface area (Å²) in [6.07, 6.45) is 4.30. The number of carboxylic acid groups (broad SMARTS) is 1. The number of thioether (sulfide) groups is 1. The maximum atomic E-state index is 14.6. The van der Waals surface area contributed by atoms with Crippen molar-refractivity contribution < 1.29 is 19.0 Å². The van der Waals surface area contributed by atoms with Crippen LogP contribution in [-0.2, 0) is 4.79 Å². The molecule has 1 aromatic rings. The molecular weight excluding hydrogens is 379 g/mol. The van der Waals surface area contributed by atoms with E-state index >= 15 is 0 Å². The average Bonchev–Trinajstić information content (AvgIpc) is 3.17. The third-order valence-corrected chi connectivity index (χ3v) is 5.60. The summed E-state index contributed by atoms with van der Waals surface area (Å²) in [6, 6.07) is 5.00. The molecule has 1 saturated heterocycles. The van der Waals surface area contributed by atoms with Crippen LogP contribution in [0.5, 0.6) is 5.75 Å². The molecule has 1 aromatic carbocycles. The highest BCUT2D eigenvalue weighted by Gasteiger charge is 2.21. The molecule has 1 N–H and O–H groups in total. The normalized spacial score (nSPS) is 17.0. The first-order valence-electron chi connectivity index (χ1n) is 9.57. The Morgan fingerprint density at radius 1 is 1.29 bits per heavy atom. The maximum Gasteiger partial charge on any atom is 0.352 e. The van der Waals surface area contributed by atoms with E-state index in [1.165, 1.54) is 31.0 Å². The molecule has 0 aliphatic carbocycles. The van der Waals surface area contributed by atoms with Gasteiger partial charge >= 0.3 is 5.97 Å². The van der Waals surface area contributed by atoms with Crippen molar-refractivity contribution in [2.75, 3.05) is 38.7 Å². The lowest BCUT2D eigenvalue weighted by Crippen LogP contribution is -2.29. The largest absolute Gasteiger partial charge is 0.490 e. The zero-order valence-electron chi connectivity index (χ0n) is 15.8. The molecule has 0 saturated carbocycles. The molecule has 0 spiro atoms. The number of aliphatic carboxylic acids is 1. The molecule has 0 bridgehead atoms. The van der Waals surface area contributed by atoms with Crippen molar-refractivity contribution in [2.45, 2.75) is 25.7 Å². The molecule has 28 heavy (non-hydrogen) atoms. The molecular formula is C21H25FN2O3S. The predicted octanol–water partition coefficient (Wildman–Crippen LogP) is 3.36. The van der Waals surface area contributed by atoms with E-state index in [-0.39, 0.29) is 5.75 Å². The second kappa shape index (κ2) is 10.4. The van der Waals surface area contributed by atoms with Gasteiger partial charge in [0.05, 0.1) is 24.6 Å². The molecule has 0 atom stereocenters. The van der Waals surface area contributed by atoms with Crippen LogP contribution in [0.4, 0.5) is 4.39 Å². The minimum atomic E-state index is -0.923. The van der Waals surface area contributed by atoms with Gasteiger partial charge in [-0.25, -0.2) is 9.18 Å². The lowest BCUT2D eigenvalue weighted by Gasteiger charge is -2.23. The van der Waals surface area contributed by atoms with Gasteiger partial charge in [-0.1, -0.05) is 24.3 Å². The van der Waals surface area contributed by atoms with E-state index in [9.17, 15) is 9.18 Å². The Morgan fingerprint density at radius 2 is 2.11 bits per heavy atom. The number of rotatable bonds is 7. The standard InChI is InChI=1S/C21H25FN2O3S/c22-20-17(8-5-12-23-10-2-1-3-11-23)7-4-9-19(20)27-14-6-13-24-16-28-15-18(24)21(25)26/h4,7,9,15H,1-3,6,10-14,16H2,(H,25,26). The number of halogens is 1. The van der Waals surface area contributed by atoms with E-state index in [0.717, 1.165) is 13.1 Å². The summed E-state index contributed by atoms with van der Waals surface area (Å²) >= 11 is 1.46. The molecule has 0 aromatic heterocycles. The van der Waals surface area contributed by atoms with Gasteiger partial charge in [0.2, 0.25) is 0 Å². The Labute approximate surface area is 169 Å². The third kappa shape index (κ3) is 5.66. The summed E-state index contributed by atoms with van der Waals surface area (Å²) in [7, 11) is 0. The van der Waals surface area contributed by atoms with Crippen LogP contribution in [0.15, 0.2) is 29.3 Å². The number of nitrogens with zero attached hydrogens (tertiary/aromatic N) is 2. The van der Waals surface area contributed by atoms with Crippen molar-refractivity contribution in [3.8, 4) is 17.6 Å². The Hall–Kier alpha value is -2.17. The van der Waals surface area contributed by atoms with Crippen molar-refractivity contribution >= 4 is 17.7 Å². The van der Waals surface area contributed by atoms with Crippen LogP contribution in [0.1, 0.15) is 31.2 Å². The lowest BCUT2D eigenvalue weighted by molar-refractivity contribution is -0.134. The van der Waals surface area contributed by atoms with Crippen molar-refractivity contribution in [1.82, 2.24) is 9.80 Å². The van der Waals surface area contributed by atoms with Crippen molar-refractivity contribution in [1.29, 1.82) is 0 Å². The molecule has 150 valence electrons. The number of carbonyl (C=O) groups is 1. The topological polar surface area (TPSA) is 53.0 Å². The molecule has 5 nitrogen and oxygen atoms in total. The fourth-order valence-electron chi connectivity index (χ4n) is 3.24. The number of hydrogen-bond acceptors (Lipinski definition) is 5. The molecule has 0 unspecified atom stereocenters. The first-order valence-corrected chi connectivity index (χ1v) is 10.6. The summed E-state index contributed by atoms with van der Waals surface area (Å²) in [6.45, 7) is 3.67. The number of benzene rings is 1. The molecule has 3 rings (SSSR count). The third-order valence-electron chi connectivity index (χ3n) is 4.75. The van der Waals surface area contributed by atoms with Crippen molar-refractivity contribution in [3.63, 3.8) is 0 Å². The summed E-state index contributed by atoms with van der Waals surface area (Å²) in [5.41, 5.74) is 0.656. The summed E-state index contributed by atoms with van der Waals surface area (Å²) in [5.74, 6) is 5.45. The van der Waals surface area contributed by atoms with Gasteiger partial charge in [-0.15, -0.1) is 11.8 Å². The van der Waals surface area contributed by atoms with Gasteiger partial charge in [0.15, 0.2) is 11.6 Å². The first kappa shape index (κ1) is 20.6. The first-order chi connectivity index (χ1) is 13.6. The van der Waals surface area contributed by atoms with Crippen LogP contribution >= 0.6 is 11.8 Å². The molecule has 0 radical (unpaired) electrons. The molecule has 1 fully saturated rings. The van der Waals surface area contributed by atoms with Crippen LogP contribution < -0.4 is 4.74 Å². The minimum absolute atomic E-state index is 0.189. The maximum absolute atomic E-state index is 14.6. The van der Waals surface area contributed by atoms with Crippen LogP contribution in [-0.4, -0.2) is 59.5 Å².